The summed E-state index contributed by atoms with van der Waals surface area (Å²) in [6.45, 7) is 14.3. The summed E-state index contributed by atoms with van der Waals surface area (Å²) in [6, 6.07) is 6.71. The lowest BCUT2D eigenvalue weighted by Crippen LogP contribution is -2.29. The average Bonchev–Trinajstić information content (AvgIpc) is 2.67. The fourth-order valence-corrected chi connectivity index (χ4v) is 4.34. The molecule has 0 unspecified atom stereocenters. The van der Waals surface area contributed by atoms with E-state index in [4.69, 9.17) is 5.73 Å². The minimum Gasteiger partial charge on any atom is -0.400 e. The van der Waals surface area contributed by atoms with E-state index in [0.29, 0.717) is 12.5 Å². The van der Waals surface area contributed by atoms with Crippen molar-refractivity contribution in [2.75, 3.05) is 19.7 Å². The van der Waals surface area contributed by atoms with Crippen molar-refractivity contribution in [2.24, 2.45) is 11.7 Å². The summed E-state index contributed by atoms with van der Waals surface area (Å²) < 4.78 is 0. The highest BCUT2D eigenvalue weighted by Crippen LogP contribution is 2.34. The molecule has 3 nitrogen and oxygen atoms in total. The number of nitrogens with zero attached hydrogens (tertiary/aromatic N) is 1. The normalized spacial score (nSPS) is 13.3. The van der Waals surface area contributed by atoms with Gasteiger partial charge in [0, 0.05) is 23.7 Å². The molecule has 0 aliphatic rings. The van der Waals surface area contributed by atoms with Gasteiger partial charge in [-0.15, -0.1) is 0 Å². The third-order valence-corrected chi connectivity index (χ3v) is 5.79. The molecule has 4 heteroatoms. The molecule has 29 heavy (non-hydrogen) atoms. The van der Waals surface area contributed by atoms with Gasteiger partial charge in [-0.25, -0.2) is 0 Å². The number of thioether (sulfide) groups is 1. The number of aliphatic hydroxyl groups is 1. The fourth-order valence-electron chi connectivity index (χ4n) is 3.16. The second-order valence-corrected chi connectivity index (χ2v) is 8.92. The minimum atomic E-state index is 0.0987. The molecule has 0 aromatic heterocycles. The Morgan fingerprint density at radius 1 is 1.24 bits per heavy atom. The van der Waals surface area contributed by atoms with Crippen molar-refractivity contribution < 1.29 is 5.11 Å². The van der Waals surface area contributed by atoms with Gasteiger partial charge in [0.15, 0.2) is 0 Å². The Morgan fingerprint density at radius 3 is 2.52 bits per heavy atom. The quantitative estimate of drug-likeness (QED) is 0.323. The van der Waals surface area contributed by atoms with Crippen molar-refractivity contribution in [3.8, 4) is 0 Å². The van der Waals surface area contributed by atoms with E-state index in [1.807, 2.05) is 0 Å². The van der Waals surface area contributed by atoms with Crippen LogP contribution in [-0.4, -0.2) is 29.7 Å². The molecule has 1 rings (SSSR count). The van der Waals surface area contributed by atoms with Crippen LogP contribution in [0.1, 0.15) is 58.6 Å². The highest BCUT2D eigenvalue weighted by Gasteiger charge is 2.17. The third-order valence-electron chi connectivity index (χ3n) is 4.61. The van der Waals surface area contributed by atoms with E-state index < -0.39 is 0 Å². The maximum absolute atomic E-state index is 9.75. The molecule has 162 valence electrons. The van der Waals surface area contributed by atoms with Gasteiger partial charge < -0.3 is 15.7 Å². The van der Waals surface area contributed by atoms with Crippen molar-refractivity contribution in [3.05, 3.63) is 63.9 Å². The molecule has 0 saturated heterocycles. The van der Waals surface area contributed by atoms with E-state index in [2.05, 4.69) is 82.9 Å². The van der Waals surface area contributed by atoms with Crippen LogP contribution in [0, 0.1) is 12.8 Å². The predicted molar refractivity (Wildman–Crippen MR) is 129 cm³/mol. The molecule has 1 aromatic carbocycles. The number of aliphatic hydroxyl groups excluding tert-OH is 1. The number of aryl methyl sites for hydroxylation is 2. The number of hydrogen-bond acceptors (Lipinski definition) is 4. The molecule has 0 aliphatic carbocycles. The third kappa shape index (κ3) is 9.14. The number of benzene rings is 1. The number of nitrogens with two attached hydrogens (primary N) is 1. The van der Waals surface area contributed by atoms with Crippen molar-refractivity contribution >= 4 is 11.8 Å². The molecule has 0 heterocycles. The molecule has 0 atom stereocenters. The Bertz CT molecular complexity index is 720. The molecule has 1 aromatic rings. The first kappa shape index (κ1) is 25.4. The molecule has 3 N–H and O–H groups in total. The Kier molecular flexibility index (Phi) is 11.9. The van der Waals surface area contributed by atoms with Crippen LogP contribution in [0.4, 0.5) is 0 Å². The molecular formula is C25H40N2OS. The minimum absolute atomic E-state index is 0.0987. The predicted octanol–water partition coefficient (Wildman–Crippen LogP) is 6.03. The van der Waals surface area contributed by atoms with Gasteiger partial charge >= 0.3 is 0 Å². The van der Waals surface area contributed by atoms with E-state index in [9.17, 15) is 5.11 Å². The topological polar surface area (TPSA) is 49.5 Å². The second-order valence-electron chi connectivity index (χ2n) is 7.86. The first-order valence-electron chi connectivity index (χ1n) is 10.8. The van der Waals surface area contributed by atoms with Crippen LogP contribution in [0.15, 0.2) is 57.6 Å². The Labute approximate surface area is 182 Å². The van der Waals surface area contributed by atoms with Crippen LogP contribution in [0.3, 0.4) is 0 Å². The maximum atomic E-state index is 9.75. The molecule has 0 saturated carbocycles. The smallest absolute Gasteiger partial charge is 0.0950 e. The molecular weight excluding hydrogens is 376 g/mol. The molecule has 0 bridgehead atoms. The number of rotatable bonds is 12. The SMILES string of the molecule is C/C=C(\C=C/CC)CN(CCO)/C(Sc1cc(C)cc(CC)c1)=C(\N)CC(C)C. The zero-order valence-corrected chi connectivity index (χ0v) is 20.0. The molecule has 0 spiro atoms. The summed E-state index contributed by atoms with van der Waals surface area (Å²) in [4.78, 5) is 3.43. The lowest BCUT2D eigenvalue weighted by molar-refractivity contribution is 0.240. The van der Waals surface area contributed by atoms with Gasteiger partial charge in [-0.3, -0.25) is 0 Å². The second kappa shape index (κ2) is 13.6. The van der Waals surface area contributed by atoms with Gasteiger partial charge in [-0.1, -0.05) is 63.8 Å². The Hall–Kier alpha value is -1.65. The van der Waals surface area contributed by atoms with E-state index in [1.54, 1.807) is 11.8 Å². The lowest BCUT2D eigenvalue weighted by atomic mass is 10.1. The summed E-state index contributed by atoms with van der Waals surface area (Å²) in [6.07, 6.45) is 9.35. The van der Waals surface area contributed by atoms with E-state index in [1.165, 1.54) is 21.6 Å². The van der Waals surface area contributed by atoms with Crippen molar-refractivity contribution in [1.29, 1.82) is 0 Å². The standard InChI is InChI=1S/C25H40N2OS/c1-7-10-11-21(8-2)18-27(12-13-28)25(24(26)14-19(4)5)29-23-16-20(6)15-22(9-3)17-23/h8,10-11,15-17,19,28H,7,9,12-14,18,26H2,1-6H3/b11-10-,21-8+,25-24+. The van der Waals surface area contributed by atoms with Crippen LogP contribution < -0.4 is 5.73 Å². The molecule has 0 amide bonds. The first-order chi connectivity index (χ1) is 13.8. The summed E-state index contributed by atoms with van der Waals surface area (Å²) in [5.74, 6) is 0.478. The van der Waals surface area contributed by atoms with E-state index in [-0.39, 0.29) is 6.61 Å². The number of hydrogen-bond donors (Lipinski definition) is 2. The van der Waals surface area contributed by atoms with Crippen LogP contribution in [0.25, 0.3) is 0 Å². The molecule has 0 fully saturated rings. The Morgan fingerprint density at radius 2 is 1.97 bits per heavy atom. The van der Waals surface area contributed by atoms with Crippen LogP contribution in [0.2, 0.25) is 0 Å². The van der Waals surface area contributed by atoms with E-state index in [0.717, 1.165) is 36.5 Å². The summed E-state index contributed by atoms with van der Waals surface area (Å²) in [5.41, 5.74) is 11.4. The highest BCUT2D eigenvalue weighted by molar-refractivity contribution is 8.03. The van der Waals surface area contributed by atoms with Crippen molar-refractivity contribution in [2.45, 2.75) is 65.7 Å². The summed E-state index contributed by atoms with van der Waals surface area (Å²) in [7, 11) is 0. The van der Waals surface area contributed by atoms with Gasteiger partial charge in [-0.05, 0) is 67.9 Å². The largest absolute Gasteiger partial charge is 0.400 e. The van der Waals surface area contributed by atoms with Gasteiger partial charge in [-0.2, -0.15) is 0 Å². The lowest BCUT2D eigenvalue weighted by Gasteiger charge is -2.29. The number of allylic oxidation sites excluding steroid dienone is 3. The van der Waals surface area contributed by atoms with Crippen molar-refractivity contribution in [3.63, 3.8) is 0 Å². The van der Waals surface area contributed by atoms with Crippen LogP contribution in [0.5, 0.6) is 0 Å². The summed E-state index contributed by atoms with van der Waals surface area (Å²) >= 11 is 1.73. The average molecular weight is 417 g/mol. The fraction of sp³-hybridized carbons (Fsp3) is 0.520. The van der Waals surface area contributed by atoms with Gasteiger partial charge in [0.2, 0.25) is 0 Å². The monoisotopic (exact) mass is 416 g/mol. The summed E-state index contributed by atoms with van der Waals surface area (Å²) in [5, 5.41) is 10.8. The van der Waals surface area contributed by atoms with Crippen molar-refractivity contribution in [1.82, 2.24) is 4.90 Å². The van der Waals surface area contributed by atoms with Gasteiger partial charge in [0.1, 0.15) is 0 Å². The van der Waals surface area contributed by atoms with Crippen LogP contribution in [-0.2, 0) is 6.42 Å². The molecule has 0 aliphatic heterocycles. The zero-order chi connectivity index (χ0) is 21.8. The molecule has 0 radical (unpaired) electrons. The van der Waals surface area contributed by atoms with Gasteiger partial charge in [0.25, 0.3) is 0 Å². The van der Waals surface area contributed by atoms with Gasteiger partial charge in [0.05, 0.1) is 11.6 Å². The first-order valence-corrected chi connectivity index (χ1v) is 11.6. The zero-order valence-electron chi connectivity index (χ0n) is 19.2. The highest BCUT2D eigenvalue weighted by atomic mass is 32.2. The maximum Gasteiger partial charge on any atom is 0.0950 e. The van der Waals surface area contributed by atoms with Crippen LogP contribution >= 0.6 is 11.8 Å². The Balaban J connectivity index is 3.33. The van der Waals surface area contributed by atoms with E-state index >= 15 is 0 Å².